The normalized spacial score (nSPS) is 20.5. The van der Waals surface area contributed by atoms with Gasteiger partial charge in [-0.05, 0) is 24.8 Å². The van der Waals surface area contributed by atoms with Crippen LogP contribution < -0.4 is 0 Å². The third-order valence-corrected chi connectivity index (χ3v) is 2.58. The van der Waals surface area contributed by atoms with Gasteiger partial charge in [0.25, 0.3) is 0 Å². The van der Waals surface area contributed by atoms with E-state index < -0.39 is 5.97 Å². The van der Waals surface area contributed by atoms with Crippen molar-refractivity contribution in [3.05, 3.63) is 12.7 Å². The van der Waals surface area contributed by atoms with E-state index in [1.165, 1.54) is 6.08 Å². The fourth-order valence-corrected chi connectivity index (χ4v) is 1.84. The second kappa shape index (κ2) is 6.27. The maximum Gasteiger partial charge on any atom is 0.329 e. The van der Waals surface area contributed by atoms with E-state index in [1.807, 2.05) is 0 Å². The molecule has 0 spiro atoms. The van der Waals surface area contributed by atoms with E-state index in [1.54, 1.807) is 4.90 Å². The highest BCUT2D eigenvalue weighted by molar-refractivity contribution is 5.87. The van der Waals surface area contributed by atoms with E-state index in [0.717, 1.165) is 19.4 Å². The van der Waals surface area contributed by atoms with Gasteiger partial charge < -0.3 is 14.7 Å². The largest absolute Gasteiger partial charge is 0.480 e. The van der Waals surface area contributed by atoms with Crippen molar-refractivity contribution in [3.8, 4) is 0 Å². The molecule has 5 heteroatoms. The summed E-state index contributed by atoms with van der Waals surface area (Å²) >= 11 is 0. The summed E-state index contributed by atoms with van der Waals surface area (Å²) in [4.78, 5) is 23.4. The number of ether oxygens (including phenoxy) is 1. The Hall–Kier alpha value is -1.36. The molecule has 1 heterocycles. The Balaban J connectivity index is 2.30. The van der Waals surface area contributed by atoms with Gasteiger partial charge in [-0.2, -0.15) is 0 Å². The summed E-state index contributed by atoms with van der Waals surface area (Å²) in [7, 11) is 0. The molecule has 0 aromatic heterocycles. The number of nitrogens with zero attached hydrogens (tertiary/aromatic N) is 1. The van der Waals surface area contributed by atoms with Gasteiger partial charge in [-0.1, -0.05) is 6.58 Å². The van der Waals surface area contributed by atoms with E-state index in [-0.39, 0.29) is 18.4 Å². The minimum absolute atomic E-state index is 0.0667. The molecule has 0 radical (unpaired) electrons. The second-order valence-electron chi connectivity index (χ2n) is 3.91. The quantitative estimate of drug-likeness (QED) is 0.695. The van der Waals surface area contributed by atoms with Crippen LogP contribution in [0.1, 0.15) is 12.8 Å². The van der Waals surface area contributed by atoms with Crippen LogP contribution in [-0.4, -0.2) is 48.2 Å². The minimum atomic E-state index is -0.963. The van der Waals surface area contributed by atoms with Gasteiger partial charge in [0.2, 0.25) is 5.91 Å². The van der Waals surface area contributed by atoms with E-state index in [4.69, 9.17) is 9.84 Å². The average Bonchev–Trinajstić information content (AvgIpc) is 2.28. The molecule has 1 N–H and O–H groups in total. The van der Waals surface area contributed by atoms with Gasteiger partial charge in [0.05, 0.1) is 6.61 Å². The number of carbonyl (C=O) groups is 2. The summed E-state index contributed by atoms with van der Waals surface area (Å²) in [6, 6.07) is 0. The summed E-state index contributed by atoms with van der Waals surface area (Å²) in [5, 5.41) is 8.42. The number of hydrogen-bond acceptors (Lipinski definition) is 3. The van der Waals surface area contributed by atoms with Crippen molar-refractivity contribution in [2.24, 2.45) is 5.92 Å². The van der Waals surface area contributed by atoms with Crippen LogP contribution >= 0.6 is 0 Å². The van der Waals surface area contributed by atoms with Gasteiger partial charge in [-0.3, -0.25) is 4.79 Å². The number of hydrogen-bond donors (Lipinski definition) is 1. The lowest BCUT2D eigenvalue weighted by molar-refractivity contribution is -0.143. The van der Waals surface area contributed by atoms with Crippen molar-refractivity contribution in [2.75, 3.05) is 26.3 Å². The lowest BCUT2D eigenvalue weighted by Gasteiger charge is -2.31. The van der Waals surface area contributed by atoms with E-state index in [9.17, 15) is 9.59 Å². The molecular weight excluding hydrogens is 210 g/mol. The predicted molar refractivity (Wildman–Crippen MR) is 58.0 cm³/mol. The molecule has 1 aliphatic heterocycles. The first-order valence-corrected chi connectivity index (χ1v) is 5.34. The van der Waals surface area contributed by atoms with Crippen molar-refractivity contribution in [3.63, 3.8) is 0 Å². The Morgan fingerprint density at radius 1 is 1.56 bits per heavy atom. The van der Waals surface area contributed by atoms with Gasteiger partial charge in [0.15, 0.2) is 0 Å². The van der Waals surface area contributed by atoms with E-state index >= 15 is 0 Å². The molecule has 1 unspecified atom stereocenters. The minimum Gasteiger partial charge on any atom is -0.480 e. The van der Waals surface area contributed by atoms with Crippen LogP contribution in [0.25, 0.3) is 0 Å². The number of carboxylic acids is 1. The van der Waals surface area contributed by atoms with Crippen LogP contribution in [0.5, 0.6) is 0 Å². The molecule has 1 amide bonds. The number of aliphatic carboxylic acids is 1. The maximum atomic E-state index is 11.4. The molecule has 1 aliphatic rings. The number of amides is 1. The van der Waals surface area contributed by atoms with Gasteiger partial charge in [0, 0.05) is 13.1 Å². The first-order chi connectivity index (χ1) is 7.63. The highest BCUT2D eigenvalue weighted by Gasteiger charge is 2.22. The molecule has 90 valence electrons. The molecule has 0 bridgehead atoms. The number of likely N-dealkylation sites (tertiary alicyclic amines) is 1. The first-order valence-electron chi connectivity index (χ1n) is 5.34. The van der Waals surface area contributed by atoms with Crippen LogP contribution in [0.3, 0.4) is 0 Å². The molecule has 1 saturated heterocycles. The van der Waals surface area contributed by atoms with Crippen LogP contribution in [0.4, 0.5) is 0 Å². The summed E-state index contributed by atoms with van der Waals surface area (Å²) in [5.74, 6) is -0.797. The Morgan fingerprint density at radius 3 is 2.94 bits per heavy atom. The zero-order valence-electron chi connectivity index (χ0n) is 9.22. The lowest BCUT2D eigenvalue weighted by Crippen LogP contribution is -2.40. The Labute approximate surface area is 94.7 Å². The zero-order chi connectivity index (χ0) is 12.0. The fraction of sp³-hybridized carbons (Fsp3) is 0.636. The SMILES string of the molecule is C=CC(=O)N1CCCC(COCC(=O)O)C1. The second-order valence-corrected chi connectivity index (χ2v) is 3.91. The monoisotopic (exact) mass is 227 g/mol. The average molecular weight is 227 g/mol. The van der Waals surface area contributed by atoms with Crippen molar-refractivity contribution in [1.82, 2.24) is 4.90 Å². The van der Waals surface area contributed by atoms with Crippen LogP contribution in [0.15, 0.2) is 12.7 Å². The standard InChI is InChI=1S/C11H17NO4/c1-2-10(13)12-5-3-4-9(6-12)7-16-8-11(14)15/h2,9H,1,3-8H2,(H,14,15). The van der Waals surface area contributed by atoms with Gasteiger partial charge in [-0.15, -0.1) is 0 Å². The molecule has 5 nitrogen and oxygen atoms in total. The third-order valence-electron chi connectivity index (χ3n) is 2.58. The molecule has 0 aromatic carbocycles. The summed E-state index contributed by atoms with van der Waals surface area (Å²) in [5.41, 5.74) is 0. The van der Waals surface area contributed by atoms with Crippen LogP contribution in [-0.2, 0) is 14.3 Å². The molecule has 0 saturated carbocycles. The molecule has 16 heavy (non-hydrogen) atoms. The Kier molecular flexibility index (Phi) is 4.98. The molecular formula is C11H17NO4. The first kappa shape index (κ1) is 12.7. The Morgan fingerprint density at radius 2 is 2.31 bits per heavy atom. The smallest absolute Gasteiger partial charge is 0.329 e. The molecule has 0 aromatic rings. The fourth-order valence-electron chi connectivity index (χ4n) is 1.84. The molecule has 0 aliphatic carbocycles. The van der Waals surface area contributed by atoms with E-state index in [0.29, 0.717) is 13.2 Å². The van der Waals surface area contributed by atoms with E-state index in [2.05, 4.69) is 6.58 Å². The highest BCUT2D eigenvalue weighted by Crippen LogP contribution is 2.16. The van der Waals surface area contributed by atoms with Crippen molar-refractivity contribution in [2.45, 2.75) is 12.8 Å². The third kappa shape index (κ3) is 4.02. The summed E-state index contributed by atoms with van der Waals surface area (Å²) in [6.07, 6.45) is 3.21. The number of carbonyl (C=O) groups excluding carboxylic acids is 1. The van der Waals surface area contributed by atoms with Gasteiger partial charge in [-0.25, -0.2) is 4.79 Å². The number of carboxylic acid groups (broad SMARTS) is 1. The molecule has 1 atom stereocenters. The van der Waals surface area contributed by atoms with Gasteiger partial charge in [0.1, 0.15) is 6.61 Å². The summed E-state index contributed by atoms with van der Waals surface area (Å²) < 4.78 is 5.03. The molecule has 1 fully saturated rings. The summed E-state index contributed by atoms with van der Waals surface area (Å²) in [6.45, 7) is 4.95. The predicted octanol–water partition coefficient (Wildman–Crippen LogP) is 0.512. The molecule has 1 rings (SSSR count). The topological polar surface area (TPSA) is 66.8 Å². The number of rotatable bonds is 5. The van der Waals surface area contributed by atoms with Crippen molar-refractivity contribution < 1.29 is 19.4 Å². The lowest BCUT2D eigenvalue weighted by atomic mass is 9.99. The maximum absolute atomic E-state index is 11.4. The van der Waals surface area contributed by atoms with Gasteiger partial charge >= 0.3 is 5.97 Å². The highest BCUT2D eigenvalue weighted by atomic mass is 16.5. The Bertz CT molecular complexity index is 277. The zero-order valence-corrected chi connectivity index (χ0v) is 9.22. The van der Waals surface area contributed by atoms with Crippen molar-refractivity contribution >= 4 is 11.9 Å². The number of piperidine rings is 1. The van der Waals surface area contributed by atoms with Crippen LogP contribution in [0.2, 0.25) is 0 Å². The van der Waals surface area contributed by atoms with Crippen LogP contribution in [0, 0.1) is 5.92 Å². The van der Waals surface area contributed by atoms with Crippen molar-refractivity contribution in [1.29, 1.82) is 0 Å².